The molecule has 0 unspecified atom stereocenters. The van der Waals surface area contributed by atoms with Gasteiger partial charge in [-0.2, -0.15) is 0 Å². The Hall–Kier alpha value is -1.02. The lowest BCUT2D eigenvalue weighted by Gasteiger charge is -2.23. The maximum Gasteiger partial charge on any atom is 0.119 e. The first-order chi connectivity index (χ1) is 10.8. The SMILES string of the molecule is COc1ccc(C(C)(C)C)c(CCCCCCCOC(C)C)c1. The number of methoxy groups -OCH3 is 1. The predicted octanol–water partition coefficient (Wildman–Crippen LogP) is 5.91. The summed E-state index contributed by atoms with van der Waals surface area (Å²) in [5, 5.41) is 0. The van der Waals surface area contributed by atoms with E-state index in [0.29, 0.717) is 6.10 Å². The lowest BCUT2D eigenvalue weighted by atomic mass is 9.82. The van der Waals surface area contributed by atoms with Crippen LogP contribution >= 0.6 is 0 Å². The van der Waals surface area contributed by atoms with Gasteiger partial charge in [0.15, 0.2) is 0 Å². The molecular formula is C21H36O2. The highest BCUT2D eigenvalue weighted by Gasteiger charge is 2.18. The van der Waals surface area contributed by atoms with Crippen molar-refractivity contribution in [2.24, 2.45) is 0 Å². The van der Waals surface area contributed by atoms with Crippen LogP contribution in [0.5, 0.6) is 5.75 Å². The zero-order chi connectivity index (χ0) is 17.3. The van der Waals surface area contributed by atoms with Crippen LogP contribution in [-0.4, -0.2) is 19.8 Å². The van der Waals surface area contributed by atoms with Crippen LogP contribution in [0.1, 0.15) is 77.8 Å². The molecule has 0 saturated carbocycles. The van der Waals surface area contributed by atoms with Crippen LogP contribution in [0.2, 0.25) is 0 Å². The largest absolute Gasteiger partial charge is 0.497 e. The fourth-order valence-corrected chi connectivity index (χ4v) is 2.90. The second-order valence-electron chi connectivity index (χ2n) is 7.71. The molecule has 0 bridgehead atoms. The highest BCUT2D eigenvalue weighted by molar-refractivity contribution is 5.39. The second kappa shape index (κ2) is 9.97. The van der Waals surface area contributed by atoms with E-state index in [-0.39, 0.29) is 5.41 Å². The van der Waals surface area contributed by atoms with E-state index < -0.39 is 0 Å². The van der Waals surface area contributed by atoms with Crippen LogP contribution < -0.4 is 4.74 Å². The van der Waals surface area contributed by atoms with Crippen molar-refractivity contribution in [3.05, 3.63) is 29.3 Å². The van der Waals surface area contributed by atoms with Crippen LogP contribution in [-0.2, 0) is 16.6 Å². The van der Waals surface area contributed by atoms with Crippen molar-refractivity contribution in [2.75, 3.05) is 13.7 Å². The molecular weight excluding hydrogens is 284 g/mol. The highest BCUT2D eigenvalue weighted by atomic mass is 16.5. The molecule has 0 N–H and O–H groups in total. The molecule has 0 radical (unpaired) electrons. The van der Waals surface area contributed by atoms with Crippen molar-refractivity contribution >= 4 is 0 Å². The first-order valence-electron chi connectivity index (χ1n) is 9.13. The molecule has 23 heavy (non-hydrogen) atoms. The normalized spacial score (nSPS) is 12.0. The Labute approximate surface area is 143 Å². The fraction of sp³-hybridized carbons (Fsp3) is 0.714. The standard InChI is InChI=1S/C21H36O2/c1-17(2)23-15-11-9-7-8-10-12-18-16-19(22-6)13-14-20(18)21(3,4)5/h13-14,16-17H,7-12,15H2,1-6H3. The van der Waals surface area contributed by atoms with Crippen molar-refractivity contribution in [2.45, 2.75) is 84.7 Å². The van der Waals surface area contributed by atoms with Crippen LogP contribution in [0.15, 0.2) is 18.2 Å². The van der Waals surface area contributed by atoms with Gasteiger partial charge in [-0.25, -0.2) is 0 Å². The van der Waals surface area contributed by atoms with Crippen molar-refractivity contribution < 1.29 is 9.47 Å². The molecule has 1 aromatic carbocycles. The third-order valence-corrected chi connectivity index (χ3v) is 4.16. The van der Waals surface area contributed by atoms with E-state index in [4.69, 9.17) is 9.47 Å². The highest BCUT2D eigenvalue weighted by Crippen LogP contribution is 2.30. The second-order valence-corrected chi connectivity index (χ2v) is 7.71. The van der Waals surface area contributed by atoms with E-state index in [1.165, 1.54) is 43.2 Å². The fourth-order valence-electron chi connectivity index (χ4n) is 2.90. The predicted molar refractivity (Wildman–Crippen MR) is 99.6 cm³/mol. The summed E-state index contributed by atoms with van der Waals surface area (Å²) >= 11 is 0. The molecule has 2 nitrogen and oxygen atoms in total. The van der Waals surface area contributed by atoms with Crippen LogP contribution in [0.3, 0.4) is 0 Å². The van der Waals surface area contributed by atoms with Gasteiger partial charge in [0, 0.05) is 6.61 Å². The maximum atomic E-state index is 5.58. The number of ether oxygens (including phenoxy) is 2. The molecule has 1 aromatic rings. The van der Waals surface area contributed by atoms with Crippen LogP contribution in [0.25, 0.3) is 0 Å². The summed E-state index contributed by atoms with van der Waals surface area (Å²) in [7, 11) is 1.75. The third kappa shape index (κ3) is 7.87. The number of rotatable bonds is 10. The van der Waals surface area contributed by atoms with Crippen molar-refractivity contribution in [1.29, 1.82) is 0 Å². The number of hydrogen-bond donors (Lipinski definition) is 0. The minimum absolute atomic E-state index is 0.190. The third-order valence-electron chi connectivity index (χ3n) is 4.16. The zero-order valence-electron chi connectivity index (χ0n) is 16.1. The Morgan fingerprint density at radius 2 is 1.61 bits per heavy atom. The number of hydrogen-bond acceptors (Lipinski definition) is 2. The molecule has 0 aliphatic rings. The molecule has 0 aliphatic heterocycles. The van der Waals surface area contributed by atoms with Gasteiger partial charge in [0.05, 0.1) is 13.2 Å². The van der Waals surface area contributed by atoms with Crippen LogP contribution in [0, 0.1) is 0 Å². The average Bonchev–Trinajstić information content (AvgIpc) is 2.48. The van der Waals surface area contributed by atoms with E-state index in [2.05, 4.69) is 52.8 Å². The quantitative estimate of drug-likeness (QED) is 0.499. The summed E-state index contributed by atoms with van der Waals surface area (Å²) in [6.45, 7) is 12.0. The Bertz CT molecular complexity index is 444. The Kier molecular flexibility index (Phi) is 8.68. The zero-order valence-corrected chi connectivity index (χ0v) is 16.1. The van der Waals surface area contributed by atoms with Crippen molar-refractivity contribution in [3.8, 4) is 5.75 Å². The average molecular weight is 321 g/mol. The van der Waals surface area contributed by atoms with Gasteiger partial charge in [-0.1, -0.05) is 46.1 Å². The molecule has 0 aromatic heterocycles. The summed E-state index contributed by atoms with van der Waals surface area (Å²) in [4.78, 5) is 0. The smallest absolute Gasteiger partial charge is 0.119 e. The Morgan fingerprint density at radius 3 is 2.22 bits per heavy atom. The van der Waals surface area contributed by atoms with Gasteiger partial charge >= 0.3 is 0 Å². The van der Waals surface area contributed by atoms with Gasteiger partial charge in [-0.15, -0.1) is 0 Å². The van der Waals surface area contributed by atoms with Crippen molar-refractivity contribution in [1.82, 2.24) is 0 Å². The summed E-state index contributed by atoms with van der Waals surface area (Å²) < 4.78 is 11.0. The summed E-state index contributed by atoms with van der Waals surface area (Å²) in [6.07, 6.45) is 7.81. The molecule has 0 amide bonds. The van der Waals surface area contributed by atoms with E-state index in [1.54, 1.807) is 7.11 Å². The Balaban J connectivity index is 2.39. The molecule has 0 spiro atoms. The topological polar surface area (TPSA) is 18.5 Å². The Morgan fingerprint density at radius 1 is 0.957 bits per heavy atom. The minimum atomic E-state index is 0.190. The van der Waals surface area contributed by atoms with Crippen LogP contribution in [0.4, 0.5) is 0 Å². The monoisotopic (exact) mass is 320 g/mol. The molecule has 0 aliphatic carbocycles. The van der Waals surface area contributed by atoms with Gasteiger partial charge in [-0.3, -0.25) is 0 Å². The van der Waals surface area contributed by atoms with Crippen molar-refractivity contribution in [3.63, 3.8) is 0 Å². The van der Waals surface area contributed by atoms with Gasteiger partial charge in [-0.05, 0) is 61.8 Å². The summed E-state index contributed by atoms with van der Waals surface area (Å²) in [5.41, 5.74) is 3.08. The minimum Gasteiger partial charge on any atom is -0.497 e. The number of aryl methyl sites for hydroxylation is 1. The first-order valence-corrected chi connectivity index (χ1v) is 9.13. The lowest BCUT2D eigenvalue weighted by Crippen LogP contribution is -2.14. The molecule has 1 rings (SSSR count). The summed E-state index contributed by atoms with van der Waals surface area (Å²) in [6, 6.07) is 6.54. The van der Waals surface area contributed by atoms with Gasteiger partial charge in [0.1, 0.15) is 5.75 Å². The summed E-state index contributed by atoms with van der Waals surface area (Å²) in [5.74, 6) is 0.971. The van der Waals surface area contributed by atoms with E-state index in [0.717, 1.165) is 18.8 Å². The first kappa shape index (κ1) is 20.0. The van der Waals surface area contributed by atoms with E-state index in [1.807, 2.05) is 0 Å². The number of unbranched alkanes of at least 4 members (excludes halogenated alkanes) is 4. The van der Waals surface area contributed by atoms with E-state index in [9.17, 15) is 0 Å². The van der Waals surface area contributed by atoms with Gasteiger partial charge in [0.2, 0.25) is 0 Å². The lowest BCUT2D eigenvalue weighted by molar-refractivity contribution is 0.0757. The van der Waals surface area contributed by atoms with E-state index >= 15 is 0 Å². The van der Waals surface area contributed by atoms with Gasteiger partial charge < -0.3 is 9.47 Å². The molecule has 2 heteroatoms. The van der Waals surface area contributed by atoms with Gasteiger partial charge in [0.25, 0.3) is 0 Å². The molecule has 0 fully saturated rings. The molecule has 0 heterocycles. The maximum absolute atomic E-state index is 5.58. The molecule has 0 saturated heterocycles. The molecule has 0 atom stereocenters. The number of benzene rings is 1. The molecule has 132 valence electrons.